The summed E-state index contributed by atoms with van der Waals surface area (Å²) in [5, 5.41) is 10.2. The first-order valence-electron chi connectivity index (χ1n) is 7.57. The Hall–Kier alpha value is -2.83. The maximum Gasteiger partial charge on any atom is 0.331 e. The van der Waals surface area contributed by atoms with Crippen LogP contribution >= 0.6 is 0 Å². The van der Waals surface area contributed by atoms with Crippen LogP contribution in [0.3, 0.4) is 0 Å². The Balaban J connectivity index is 2.12. The number of hydrogen-bond donors (Lipinski definition) is 2. The highest BCUT2D eigenvalue weighted by Gasteiger charge is 2.22. The highest BCUT2D eigenvalue weighted by molar-refractivity contribution is 5.81. The van der Waals surface area contributed by atoms with Crippen LogP contribution in [0.5, 0.6) is 11.6 Å². The minimum atomic E-state index is -0.676. The summed E-state index contributed by atoms with van der Waals surface area (Å²) in [6.45, 7) is 5.89. The van der Waals surface area contributed by atoms with Gasteiger partial charge in [0, 0.05) is 11.8 Å². The number of aromatic amines is 1. The second kappa shape index (κ2) is 7.16. The zero-order valence-corrected chi connectivity index (χ0v) is 13.9. The van der Waals surface area contributed by atoms with Crippen LogP contribution in [0.2, 0.25) is 0 Å². The SMILES string of the molecule is CC(C)(C)n1c(O)c(C=NCCOc2ccccc2)c(=O)[nH]c1=O. The lowest BCUT2D eigenvalue weighted by Crippen LogP contribution is -2.40. The maximum atomic E-state index is 11.9. The molecule has 2 N–H and O–H groups in total. The lowest BCUT2D eigenvalue weighted by molar-refractivity contribution is 0.305. The Kier molecular flexibility index (Phi) is 5.23. The summed E-state index contributed by atoms with van der Waals surface area (Å²) >= 11 is 0. The number of nitrogens with zero attached hydrogens (tertiary/aromatic N) is 2. The van der Waals surface area contributed by atoms with E-state index in [2.05, 4.69) is 9.98 Å². The Labute approximate surface area is 139 Å². The molecule has 0 fully saturated rings. The van der Waals surface area contributed by atoms with Gasteiger partial charge in [-0.05, 0) is 32.9 Å². The van der Waals surface area contributed by atoms with E-state index in [4.69, 9.17) is 4.74 Å². The molecule has 0 atom stereocenters. The van der Waals surface area contributed by atoms with Gasteiger partial charge in [0.1, 0.15) is 17.9 Å². The maximum absolute atomic E-state index is 11.9. The van der Waals surface area contributed by atoms with Gasteiger partial charge in [-0.1, -0.05) is 18.2 Å². The molecule has 2 rings (SSSR count). The molecular weight excluding hydrogens is 310 g/mol. The van der Waals surface area contributed by atoms with Crippen LogP contribution in [0.1, 0.15) is 26.3 Å². The summed E-state index contributed by atoms with van der Waals surface area (Å²) in [5.41, 5.74) is -2.06. The number of nitrogens with one attached hydrogen (secondary N) is 1. The Morgan fingerprint density at radius 3 is 2.54 bits per heavy atom. The van der Waals surface area contributed by atoms with E-state index in [0.29, 0.717) is 13.2 Å². The fraction of sp³-hybridized carbons (Fsp3) is 0.353. The fourth-order valence-corrected chi connectivity index (χ4v) is 2.17. The summed E-state index contributed by atoms with van der Waals surface area (Å²) in [4.78, 5) is 30.0. The molecule has 24 heavy (non-hydrogen) atoms. The van der Waals surface area contributed by atoms with Crippen molar-refractivity contribution in [2.24, 2.45) is 4.99 Å². The Bertz CT molecular complexity index is 830. The molecular formula is C17H21N3O4. The average Bonchev–Trinajstić information content (AvgIpc) is 2.49. The van der Waals surface area contributed by atoms with E-state index in [0.717, 1.165) is 10.3 Å². The monoisotopic (exact) mass is 331 g/mol. The molecule has 7 nitrogen and oxygen atoms in total. The molecule has 0 saturated carbocycles. The van der Waals surface area contributed by atoms with Crippen molar-refractivity contribution < 1.29 is 9.84 Å². The van der Waals surface area contributed by atoms with Crippen LogP contribution in [0.25, 0.3) is 0 Å². The smallest absolute Gasteiger partial charge is 0.331 e. The molecule has 128 valence electrons. The standard InChI is InChI=1S/C17H21N3O4/c1-17(2,3)20-15(22)13(14(21)19-16(20)23)11-18-9-10-24-12-7-5-4-6-8-12/h4-8,11,22H,9-10H2,1-3H3,(H,19,21,23). The number of aromatic nitrogens is 2. The molecule has 1 heterocycles. The number of H-pyrrole nitrogens is 1. The molecule has 0 amide bonds. The second-order valence-electron chi connectivity index (χ2n) is 6.20. The number of ether oxygens (including phenoxy) is 1. The summed E-state index contributed by atoms with van der Waals surface area (Å²) in [6.07, 6.45) is 1.25. The Morgan fingerprint density at radius 2 is 1.92 bits per heavy atom. The summed E-state index contributed by atoms with van der Waals surface area (Å²) < 4.78 is 6.61. The van der Waals surface area contributed by atoms with Gasteiger partial charge >= 0.3 is 5.69 Å². The van der Waals surface area contributed by atoms with Crippen molar-refractivity contribution in [1.29, 1.82) is 0 Å². The normalized spacial score (nSPS) is 11.8. The minimum absolute atomic E-state index is 0.0516. The molecule has 0 aliphatic heterocycles. The van der Waals surface area contributed by atoms with Crippen LogP contribution in [-0.4, -0.2) is 34.0 Å². The largest absolute Gasteiger partial charge is 0.494 e. The van der Waals surface area contributed by atoms with E-state index >= 15 is 0 Å². The van der Waals surface area contributed by atoms with E-state index in [1.807, 2.05) is 30.3 Å². The average molecular weight is 331 g/mol. The first kappa shape index (κ1) is 17.5. The molecule has 1 aromatic carbocycles. The van der Waals surface area contributed by atoms with Gasteiger partial charge in [0.05, 0.1) is 6.54 Å². The van der Waals surface area contributed by atoms with Crippen molar-refractivity contribution in [2.45, 2.75) is 26.3 Å². The highest BCUT2D eigenvalue weighted by Crippen LogP contribution is 2.19. The third-order valence-corrected chi connectivity index (χ3v) is 3.24. The molecule has 0 radical (unpaired) electrons. The molecule has 7 heteroatoms. The van der Waals surface area contributed by atoms with Gasteiger partial charge in [-0.3, -0.25) is 19.3 Å². The van der Waals surface area contributed by atoms with Gasteiger partial charge in [0.15, 0.2) is 0 Å². The second-order valence-corrected chi connectivity index (χ2v) is 6.20. The van der Waals surface area contributed by atoms with Crippen molar-refractivity contribution in [3.8, 4) is 11.6 Å². The lowest BCUT2D eigenvalue weighted by atomic mass is 10.1. The highest BCUT2D eigenvalue weighted by atomic mass is 16.5. The van der Waals surface area contributed by atoms with E-state index in [1.54, 1.807) is 20.8 Å². The van der Waals surface area contributed by atoms with Gasteiger partial charge in [-0.25, -0.2) is 4.79 Å². The van der Waals surface area contributed by atoms with Gasteiger partial charge in [-0.2, -0.15) is 0 Å². The van der Waals surface area contributed by atoms with Crippen molar-refractivity contribution in [3.05, 3.63) is 56.7 Å². The molecule has 0 aliphatic rings. The zero-order valence-electron chi connectivity index (χ0n) is 13.9. The first-order valence-corrected chi connectivity index (χ1v) is 7.57. The van der Waals surface area contributed by atoms with Gasteiger partial charge in [0.2, 0.25) is 5.88 Å². The van der Waals surface area contributed by atoms with Gasteiger partial charge in [-0.15, -0.1) is 0 Å². The molecule has 0 bridgehead atoms. The van der Waals surface area contributed by atoms with Gasteiger partial charge in [0.25, 0.3) is 5.56 Å². The number of hydrogen-bond acceptors (Lipinski definition) is 5. The quantitative estimate of drug-likeness (QED) is 0.641. The molecule has 1 aromatic heterocycles. The van der Waals surface area contributed by atoms with Crippen molar-refractivity contribution >= 4 is 6.21 Å². The van der Waals surface area contributed by atoms with E-state index in [9.17, 15) is 14.7 Å². The minimum Gasteiger partial charge on any atom is -0.494 e. The zero-order chi connectivity index (χ0) is 17.7. The third kappa shape index (κ3) is 4.13. The molecule has 0 spiro atoms. The van der Waals surface area contributed by atoms with Crippen LogP contribution in [-0.2, 0) is 5.54 Å². The topological polar surface area (TPSA) is 96.7 Å². The summed E-state index contributed by atoms with van der Waals surface area (Å²) in [6, 6.07) is 9.29. The van der Waals surface area contributed by atoms with Crippen LogP contribution in [0.4, 0.5) is 0 Å². The Morgan fingerprint density at radius 1 is 1.25 bits per heavy atom. The molecule has 0 aliphatic carbocycles. The van der Waals surface area contributed by atoms with Crippen LogP contribution in [0, 0.1) is 0 Å². The van der Waals surface area contributed by atoms with Crippen molar-refractivity contribution in [1.82, 2.24) is 9.55 Å². The van der Waals surface area contributed by atoms with E-state index < -0.39 is 22.7 Å². The number of aliphatic imine (C=N–C) groups is 1. The van der Waals surface area contributed by atoms with Crippen LogP contribution < -0.4 is 16.0 Å². The first-order chi connectivity index (χ1) is 11.3. The lowest BCUT2D eigenvalue weighted by Gasteiger charge is -2.23. The number of rotatable bonds is 5. The number of aromatic hydroxyl groups is 1. The van der Waals surface area contributed by atoms with Gasteiger partial charge < -0.3 is 9.84 Å². The number of para-hydroxylation sites is 1. The molecule has 0 saturated heterocycles. The van der Waals surface area contributed by atoms with Crippen molar-refractivity contribution in [2.75, 3.05) is 13.2 Å². The predicted octanol–water partition coefficient (Wildman–Crippen LogP) is 1.50. The summed E-state index contributed by atoms with van der Waals surface area (Å²) in [5.74, 6) is 0.332. The predicted molar refractivity (Wildman–Crippen MR) is 92.4 cm³/mol. The van der Waals surface area contributed by atoms with E-state index in [-0.39, 0.29) is 5.56 Å². The third-order valence-electron chi connectivity index (χ3n) is 3.24. The van der Waals surface area contributed by atoms with Crippen molar-refractivity contribution in [3.63, 3.8) is 0 Å². The van der Waals surface area contributed by atoms with E-state index in [1.165, 1.54) is 6.21 Å². The fourth-order valence-electron chi connectivity index (χ4n) is 2.17. The summed E-state index contributed by atoms with van der Waals surface area (Å²) in [7, 11) is 0. The van der Waals surface area contributed by atoms with Crippen LogP contribution in [0.15, 0.2) is 44.9 Å². The molecule has 2 aromatic rings. The number of benzene rings is 1. The molecule has 0 unspecified atom stereocenters.